The first-order valence-electron chi connectivity index (χ1n) is 24.9. The Kier molecular flexibility index (Phi) is 10.7. The van der Waals surface area contributed by atoms with Crippen molar-refractivity contribution in [1.29, 1.82) is 5.26 Å². The Morgan fingerprint density at radius 3 is 0.972 bits per heavy atom. The second-order valence-corrected chi connectivity index (χ2v) is 20.1. The van der Waals surface area contributed by atoms with Gasteiger partial charge in [-0.1, -0.05) is 138 Å². The Bertz CT molecular complexity index is 3800. The lowest BCUT2D eigenvalue weighted by Crippen LogP contribution is -2.05. The summed E-state index contributed by atoms with van der Waals surface area (Å²) in [5.74, 6) is 0. The first-order chi connectivity index (χ1) is 34.9. The molecule has 0 saturated carbocycles. The summed E-state index contributed by atoms with van der Waals surface area (Å²) < 4.78 is 4.76. The number of benzene rings is 9. The Morgan fingerprint density at radius 1 is 0.347 bits per heavy atom. The zero-order valence-electron chi connectivity index (χ0n) is 42.1. The lowest BCUT2D eigenvalue weighted by molar-refractivity contribution is 1.09. The molecule has 0 aliphatic heterocycles. The normalized spacial score (nSPS) is 11.6. The highest BCUT2D eigenvalue weighted by Gasteiger charge is 2.25. The van der Waals surface area contributed by atoms with Gasteiger partial charge in [0.15, 0.2) is 0 Å². The van der Waals surface area contributed by atoms with E-state index in [1.165, 1.54) is 89.0 Å². The predicted molar refractivity (Wildman–Crippen MR) is 303 cm³/mol. The van der Waals surface area contributed by atoms with Crippen molar-refractivity contribution in [2.24, 2.45) is 0 Å². The molecule has 0 atom stereocenters. The zero-order chi connectivity index (χ0) is 49.5. The van der Waals surface area contributed by atoms with Crippen molar-refractivity contribution in [2.45, 2.75) is 55.4 Å². The van der Waals surface area contributed by atoms with Crippen molar-refractivity contribution >= 4 is 43.6 Å². The standard InChI is InChI=1S/C68H54N4/c1-40-13-21-53(44(5)29-40)48-17-25-62-58(33-48)59-34-49(54-22-14-41(2)30-45(54)6)18-26-63(59)71(62)66-38-70-39-67(68(66)57-12-10-9-11-52(57)37-69)72-64-27-19-50(55-23-15-42(3)31-46(55)7)35-60(64)61-36-51(20-28-65(61)72)56-24-16-43(4)32-47(56)8/h9-36,38-39H,1-8H3. The van der Waals surface area contributed by atoms with Crippen LogP contribution in [0.3, 0.4) is 0 Å². The van der Waals surface area contributed by atoms with Crippen LogP contribution in [0.25, 0.3) is 111 Å². The number of rotatable bonds is 7. The molecule has 0 fully saturated rings. The molecule has 0 N–H and O–H groups in total. The fourth-order valence-corrected chi connectivity index (χ4v) is 11.6. The predicted octanol–water partition coefficient (Wildman–Crippen LogP) is 17.9. The van der Waals surface area contributed by atoms with Crippen molar-refractivity contribution < 1.29 is 0 Å². The SMILES string of the molecule is Cc1ccc(-c2ccc3c(c2)c2cc(-c4ccc(C)cc4C)ccc2n3-c2cncc(-n3c4ccc(-c5ccc(C)cc5C)cc4c4cc(-c5ccc(C)cc5C)ccc43)c2-c2ccccc2C#N)c(C)c1. The largest absolute Gasteiger partial charge is 0.307 e. The number of aromatic nitrogens is 3. The average molecular weight is 927 g/mol. The summed E-state index contributed by atoms with van der Waals surface area (Å²) in [6.45, 7) is 17.4. The average Bonchev–Trinajstić information content (AvgIpc) is 3.87. The fourth-order valence-electron chi connectivity index (χ4n) is 11.6. The summed E-state index contributed by atoms with van der Waals surface area (Å²) >= 11 is 0. The lowest BCUT2D eigenvalue weighted by atomic mass is 9.95. The van der Waals surface area contributed by atoms with E-state index in [4.69, 9.17) is 4.98 Å². The first kappa shape index (κ1) is 44.4. The van der Waals surface area contributed by atoms with Crippen molar-refractivity contribution in [2.75, 3.05) is 0 Å². The van der Waals surface area contributed by atoms with Gasteiger partial charge in [-0.2, -0.15) is 5.26 Å². The van der Waals surface area contributed by atoms with E-state index in [9.17, 15) is 5.26 Å². The summed E-state index contributed by atoms with van der Waals surface area (Å²) in [7, 11) is 0. The zero-order valence-corrected chi connectivity index (χ0v) is 42.1. The van der Waals surface area contributed by atoms with E-state index in [0.29, 0.717) is 5.56 Å². The summed E-state index contributed by atoms with van der Waals surface area (Å²) in [5, 5.41) is 15.5. The van der Waals surface area contributed by atoms with Gasteiger partial charge >= 0.3 is 0 Å². The molecule has 12 rings (SSSR count). The molecule has 0 aliphatic carbocycles. The van der Waals surface area contributed by atoms with E-state index in [2.05, 4.69) is 222 Å². The third kappa shape index (κ3) is 7.31. The quantitative estimate of drug-likeness (QED) is 0.160. The molecule has 4 heteroatoms. The molecular formula is C68H54N4. The highest BCUT2D eigenvalue weighted by molar-refractivity contribution is 6.14. The topological polar surface area (TPSA) is 46.5 Å². The van der Waals surface area contributed by atoms with Gasteiger partial charge in [0.1, 0.15) is 0 Å². The molecule has 0 unspecified atom stereocenters. The van der Waals surface area contributed by atoms with Crippen molar-refractivity contribution in [3.8, 4) is 73.1 Å². The van der Waals surface area contributed by atoms with Crippen LogP contribution in [0.2, 0.25) is 0 Å². The second kappa shape index (κ2) is 17.3. The van der Waals surface area contributed by atoms with Gasteiger partial charge in [-0.15, -0.1) is 0 Å². The molecule has 0 saturated heterocycles. The lowest BCUT2D eigenvalue weighted by Gasteiger charge is -2.20. The molecule has 0 radical (unpaired) electrons. The molecule has 0 bridgehead atoms. The minimum atomic E-state index is 0.594. The fraction of sp³-hybridized carbons (Fsp3) is 0.118. The number of nitriles is 1. The Balaban J connectivity index is 1.18. The third-order valence-corrected chi connectivity index (χ3v) is 15.0. The van der Waals surface area contributed by atoms with Gasteiger partial charge in [0.2, 0.25) is 0 Å². The van der Waals surface area contributed by atoms with Crippen LogP contribution in [0, 0.1) is 66.7 Å². The van der Waals surface area contributed by atoms with Crippen LogP contribution in [-0.2, 0) is 0 Å². The maximum Gasteiger partial charge on any atom is 0.0998 e. The van der Waals surface area contributed by atoms with Gasteiger partial charge < -0.3 is 9.13 Å². The highest BCUT2D eigenvalue weighted by Crippen LogP contribution is 2.45. The van der Waals surface area contributed by atoms with Crippen LogP contribution in [0.4, 0.5) is 0 Å². The molecule has 3 aromatic heterocycles. The Hall–Kier alpha value is -8.78. The van der Waals surface area contributed by atoms with Gasteiger partial charge in [-0.3, -0.25) is 4.98 Å². The van der Waals surface area contributed by atoms with Crippen molar-refractivity contribution in [3.05, 3.63) is 232 Å². The molecule has 12 aromatic rings. The van der Waals surface area contributed by atoms with Crippen molar-refractivity contribution in [3.63, 3.8) is 0 Å². The van der Waals surface area contributed by atoms with E-state index in [-0.39, 0.29) is 0 Å². The van der Waals surface area contributed by atoms with Crippen LogP contribution in [0.5, 0.6) is 0 Å². The number of hydrogen-bond acceptors (Lipinski definition) is 2. The van der Waals surface area contributed by atoms with Gasteiger partial charge in [0.25, 0.3) is 0 Å². The second-order valence-electron chi connectivity index (χ2n) is 20.1. The minimum absolute atomic E-state index is 0.594. The molecular weight excluding hydrogens is 873 g/mol. The summed E-state index contributed by atoms with van der Waals surface area (Å²) in [4.78, 5) is 5.18. The number of aryl methyl sites for hydroxylation is 8. The number of fused-ring (bicyclic) bond motifs is 6. The maximum absolute atomic E-state index is 10.9. The van der Waals surface area contributed by atoms with Gasteiger partial charge in [-0.05, 0) is 177 Å². The van der Waals surface area contributed by atoms with Gasteiger partial charge in [-0.25, -0.2) is 0 Å². The molecule has 0 spiro atoms. The smallest absolute Gasteiger partial charge is 0.0998 e. The molecule has 0 amide bonds. The Labute approximate surface area is 421 Å². The monoisotopic (exact) mass is 926 g/mol. The van der Waals surface area contributed by atoms with Crippen LogP contribution < -0.4 is 0 Å². The van der Waals surface area contributed by atoms with E-state index in [1.807, 2.05) is 30.6 Å². The number of nitrogens with zero attached hydrogens (tertiary/aromatic N) is 4. The third-order valence-electron chi connectivity index (χ3n) is 15.0. The number of hydrogen-bond donors (Lipinski definition) is 0. The van der Waals surface area contributed by atoms with E-state index in [0.717, 1.165) is 66.1 Å². The van der Waals surface area contributed by atoms with Crippen LogP contribution in [0.15, 0.2) is 182 Å². The van der Waals surface area contributed by atoms with Crippen LogP contribution >= 0.6 is 0 Å². The number of pyridine rings is 1. The highest BCUT2D eigenvalue weighted by atomic mass is 15.0. The molecule has 346 valence electrons. The molecule has 4 nitrogen and oxygen atoms in total. The van der Waals surface area contributed by atoms with E-state index in [1.54, 1.807) is 0 Å². The van der Waals surface area contributed by atoms with Gasteiger partial charge in [0, 0.05) is 32.7 Å². The molecule has 9 aromatic carbocycles. The molecule has 0 aliphatic rings. The summed E-state index contributed by atoms with van der Waals surface area (Å²) in [6.07, 6.45) is 3.98. The maximum atomic E-state index is 10.9. The van der Waals surface area contributed by atoms with Crippen molar-refractivity contribution in [1.82, 2.24) is 14.1 Å². The first-order valence-corrected chi connectivity index (χ1v) is 24.9. The minimum Gasteiger partial charge on any atom is -0.307 e. The molecule has 3 heterocycles. The summed E-state index contributed by atoms with van der Waals surface area (Å²) in [5.41, 5.74) is 27.9. The van der Waals surface area contributed by atoms with E-state index >= 15 is 0 Å². The van der Waals surface area contributed by atoms with Crippen LogP contribution in [-0.4, -0.2) is 14.1 Å². The van der Waals surface area contributed by atoms with Gasteiger partial charge in [0.05, 0.1) is 57.5 Å². The van der Waals surface area contributed by atoms with Crippen LogP contribution in [0.1, 0.15) is 50.1 Å². The Morgan fingerprint density at radius 2 is 0.667 bits per heavy atom. The molecule has 72 heavy (non-hydrogen) atoms. The summed E-state index contributed by atoms with van der Waals surface area (Å²) in [6, 6.07) is 65.1. The van der Waals surface area contributed by atoms with E-state index < -0.39 is 0 Å².